The Morgan fingerprint density at radius 2 is 1.97 bits per heavy atom. The lowest BCUT2D eigenvalue weighted by Gasteiger charge is -2.28. The first-order valence-corrected chi connectivity index (χ1v) is 10.9. The van der Waals surface area contributed by atoms with Gasteiger partial charge in [0.25, 0.3) is 0 Å². The maximum absolute atomic E-state index is 13.1. The molecule has 33 heavy (non-hydrogen) atoms. The summed E-state index contributed by atoms with van der Waals surface area (Å²) in [6, 6.07) is 8.64. The predicted molar refractivity (Wildman–Crippen MR) is 120 cm³/mol. The molecule has 1 N–H and O–H groups in total. The standard InChI is InChI=1S/C24H27F3N4O2/c1-5-31-20(14-21(29-31)24(25,26)27)16-6-7-18-17(12-16)13-19(28-18)15-8-10-30(11-9-15)22(32)33-23(2,3)4/h6-8,10,12-15,28H,5,9,11H2,1-4H3. The van der Waals surface area contributed by atoms with Gasteiger partial charge in [0.1, 0.15) is 5.60 Å². The number of rotatable bonds is 3. The van der Waals surface area contributed by atoms with E-state index in [1.54, 1.807) is 24.1 Å². The number of nitrogens with zero attached hydrogens (tertiary/aromatic N) is 3. The molecule has 1 amide bonds. The Labute approximate surface area is 190 Å². The van der Waals surface area contributed by atoms with Crippen molar-refractivity contribution in [3.05, 3.63) is 54.0 Å². The number of aromatic nitrogens is 3. The number of carbonyl (C=O) groups is 1. The van der Waals surface area contributed by atoms with Crippen LogP contribution in [-0.4, -0.2) is 37.9 Å². The predicted octanol–water partition coefficient (Wildman–Crippen LogP) is 6.31. The number of hydrogen-bond acceptors (Lipinski definition) is 3. The van der Waals surface area contributed by atoms with Gasteiger partial charge in [0, 0.05) is 47.4 Å². The van der Waals surface area contributed by atoms with Crippen molar-refractivity contribution in [2.45, 2.75) is 58.4 Å². The van der Waals surface area contributed by atoms with Crippen molar-refractivity contribution >= 4 is 17.0 Å². The van der Waals surface area contributed by atoms with Crippen molar-refractivity contribution < 1.29 is 22.7 Å². The van der Waals surface area contributed by atoms with E-state index in [-0.39, 0.29) is 12.0 Å². The molecule has 1 atom stereocenters. The lowest BCUT2D eigenvalue weighted by Crippen LogP contribution is -2.36. The molecular formula is C24H27F3N4O2. The van der Waals surface area contributed by atoms with Crippen molar-refractivity contribution in [1.82, 2.24) is 19.7 Å². The summed E-state index contributed by atoms with van der Waals surface area (Å²) in [7, 11) is 0. The molecule has 9 heteroatoms. The van der Waals surface area contributed by atoms with E-state index in [9.17, 15) is 18.0 Å². The Morgan fingerprint density at radius 1 is 1.21 bits per heavy atom. The average molecular weight is 461 g/mol. The Morgan fingerprint density at radius 3 is 2.58 bits per heavy atom. The van der Waals surface area contributed by atoms with Gasteiger partial charge >= 0.3 is 12.3 Å². The van der Waals surface area contributed by atoms with Crippen LogP contribution in [0, 0.1) is 0 Å². The van der Waals surface area contributed by atoms with Crippen LogP contribution in [-0.2, 0) is 17.5 Å². The highest BCUT2D eigenvalue weighted by Crippen LogP contribution is 2.34. The minimum absolute atomic E-state index is 0.0949. The lowest BCUT2D eigenvalue weighted by molar-refractivity contribution is -0.141. The number of nitrogens with one attached hydrogen (secondary N) is 1. The number of ether oxygens (including phenoxy) is 1. The third-order valence-corrected chi connectivity index (χ3v) is 5.51. The van der Waals surface area contributed by atoms with Crippen LogP contribution >= 0.6 is 0 Å². The molecule has 4 rings (SSSR count). The van der Waals surface area contributed by atoms with Gasteiger partial charge in [-0.1, -0.05) is 12.1 Å². The van der Waals surface area contributed by atoms with Crippen molar-refractivity contribution in [2.24, 2.45) is 0 Å². The first kappa shape index (κ1) is 22.9. The normalized spacial score (nSPS) is 17.1. The molecule has 3 aromatic rings. The molecular weight excluding hydrogens is 433 g/mol. The van der Waals surface area contributed by atoms with Crippen LogP contribution in [0.3, 0.4) is 0 Å². The van der Waals surface area contributed by atoms with E-state index in [0.29, 0.717) is 24.3 Å². The third-order valence-electron chi connectivity index (χ3n) is 5.51. The van der Waals surface area contributed by atoms with E-state index in [2.05, 4.69) is 10.1 Å². The maximum atomic E-state index is 13.1. The fraction of sp³-hybridized carbons (Fsp3) is 0.417. The molecule has 1 unspecified atom stereocenters. The van der Waals surface area contributed by atoms with E-state index in [1.165, 1.54) is 4.68 Å². The number of aryl methyl sites for hydroxylation is 1. The van der Waals surface area contributed by atoms with Crippen LogP contribution in [0.5, 0.6) is 0 Å². The number of alkyl halides is 3. The molecule has 6 nitrogen and oxygen atoms in total. The maximum Gasteiger partial charge on any atom is 0.435 e. The lowest BCUT2D eigenvalue weighted by atomic mass is 9.98. The topological polar surface area (TPSA) is 63.2 Å². The Kier molecular flexibility index (Phi) is 5.76. The molecule has 3 heterocycles. The second kappa shape index (κ2) is 8.28. The summed E-state index contributed by atoms with van der Waals surface area (Å²) in [6.45, 7) is 8.13. The van der Waals surface area contributed by atoms with Gasteiger partial charge in [0.15, 0.2) is 5.69 Å². The first-order chi connectivity index (χ1) is 15.4. The van der Waals surface area contributed by atoms with Gasteiger partial charge in [0.05, 0.1) is 5.69 Å². The fourth-order valence-electron chi connectivity index (χ4n) is 3.93. The van der Waals surface area contributed by atoms with Gasteiger partial charge < -0.3 is 9.72 Å². The van der Waals surface area contributed by atoms with Gasteiger partial charge in [-0.3, -0.25) is 9.58 Å². The molecule has 0 aliphatic carbocycles. The second-order valence-electron chi connectivity index (χ2n) is 9.17. The molecule has 0 saturated heterocycles. The molecule has 176 valence electrons. The van der Waals surface area contributed by atoms with Gasteiger partial charge in [-0.05, 0) is 58.4 Å². The first-order valence-electron chi connectivity index (χ1n) is 10.9. The number of amides is 1. The molecule has 0 spiro atoms. The van der Waals surface area contributed by atoms with Crippen LogP contribution in [0.4, 0.5) is 18.0 Å². The zero-order valence-electron chi connectivity index (χ0n) is 19.0. The average Bonchev–Trinajstić information content (AvgIpc) is 3.36. The summed E-state index contributed by atoms with van der Waals surface area (Å²) in [5.41, 5.74) is 1.55. The zero-order chi connectivity index (χ0) is 24.0. The van der Waals surface area contributed by atoms with Gasteiger partial charge in [-0.25, -0.2) is 4.79 Å². The molecule has 1 aliphatic heterocycles. The fourth-order valence-corrected chi connectivity index (χ4v) is 3.93. The summed E-state index contributed by atoms with van der Waals surface area (Å²) in [4.78, 5) is 17.2. The van der Waals surface area contributed by atoms with Crippen LogP contribution < -0.4 is 0 Å². The number of halogens is 3. The van der Waals surface area contributed by atoms with Crippen LogP contribution in [0.2, 0.25) is 0 Å². The van der Waals surface area contributed by atoms with E-state index >= 15 is 0 Å². The Bertz CT molecular complexity index is 1200. The molecule has 2 aromatic heterocycles. The Balaban J connectivity index is 1.57. The van der Waals surface area contributed by atoms with E-state index < -0.39 is 17.5 Å². The highest BCUT2D eigenvalue weighted by Gasteiger charge is 2.35. The van der Waals surface area contributed by atoms with Crippen LogP contribution in [0.15, 0.2) is 42.6 Å². The number of carbonyl (C=O) groups excluding carboxylic acids is 1. The van der Waals surface area contributed by atoms with E-state index in [0.717, 1.165) is 29.1 Å². The summed E-state index contributed by atoms with van der Waals surface area (Å²) < 4.78 is 46.2. The van der Waals surface area contributed by atoms with Crippen molar-refractivity contribution in [2.75, 3.05) is 6.54 Å². The second-order valence-corrected chi connectivity index (χ2v) is 9.17. The highest BCUT2D eigenvalue weighted by atomic mass is 19.4. The summed E-state index contributed by atoms with van der Waals surface area (Å²) in [5, 5.41) is 4.62. The Hall–Kier alpha value is -3.23. The largest absolute Gasteiger partial charge is 0.443 e. The minimum Gasteiger partial charge on any atom is -0.443 e. The van der Waals surface area contributed by atoms with Gasteiger partial charge in [-0.15, -0.1) is 0 Å². The van der Waals surface area contributed by atoms with E-state index in [1.807, 2.05) is 45.0 Å². The third kappa shape index (κ3) is 4.91. The van der Waals surface area contributed by atoms with Crippen molar-refractivity contribution in [3.8, 4) is 11.3 Å². The smallest absolute Gasteiger partial charge is 0.435 e. The highest BCUT2D eigenvalue weighted by molar-refractivity contribution is 5.85. The number of H-pyrrole nitrogens is 1. The summed E-state index contributed by atoms with van der Waals surface area (Å²) >= 11 is 0. The summed E-state index contributed by atoms with van der Waals surface area (Å²) in [6.07, 6.45) is -0.420. The monoisotopic (exact) mass is 460 g/mol. The summed E-state index contributed by atoms with van der Waals surface area (Å²) in [5.74, 6) is 0.0949. The van der Waals surface area contributed by atoms with Crippen LogP contribution in [0.25, 0.3) is 22.2 Å². The van der Waals surface area contributed by atoms with Gasteiger partial charge in [-0.2, -0.15) is 18.3 Å². The molecule has 0 fully saturated rings. The number of aromatic amines is 1. The van der Waals surface area contributed by atoms with Crippen molar-refractivity contribution in [3.63, 3.8) is 0 Å². The van der Waals surface area contributed by atoms with Crippen LogP contribution in [0.1, 0.15) is 51.4 Å². The molecule has 0 radical (unpaired) electrons. The van der Waals surface area contributed by atoms with Crippen molar-refractivity contribution in [1.29, 1.82) is 0 Å². The molecule has 0 bridgehead atoms. The minimum atomic E-state index is -4.49. The number of fused-ring (bicyclic) bond motifs is 1. The van der Waals surface area contributed by atoms with Gasteiger partial charge in [0.2, 0.25) is 0 Å². The zero-order valence-corrected chi connectivity index (χ0v) is 19.0. The number of hydrogen-bond donors (Lipinski definition) is 1. The number of benzene rings is 1. The quantitative estimate of drug-likeness (QED) is 0.498. The SMILES string of the molecule is CCn1nc(C(F)(F)F)cc1-c1ccc2[nH]c(C3C=CN(C(=O)OC(C)(C)C)CC3)cc2c1. The molecule has 1 aliphatic rings. The van der Waals surface area contributed by atoms with E-state index in [4.69, 9.17) is 4.74 Å². The molecule has 0 saturated carbocycles. The molecule has 1 aromatic carbocycles. The number of allylic oxidation sites excluding steroid dienone is 1.